The number of halogens is 2. The first-order valence-electron chi connectivity index (χ1n) is 24.7. The number of fused-ring (bicyclic) bond motifs is 1. The number of hydrogen-bond donors (Lipinski definition) is 3. The maximum atomic E-state index is 16.5. The summed E-state index contributed by atoms with van der Waals surface area (Å²) in [6.07, 6.45) is 10.9. The summed E-state index contributed by atoms with van der Waals surface area (Å²) < 4.78 is 72.8. The molecule has 1 spiro atoms. The number of sulfonamides is 1. The highest BCUT2D eigenvalue weighted by Gasteiger charge is 2.50. The number of benzene rings is 3. The monoisotopic (exact) mass is 1000 g/mol. The quantitative estimate of drug-likeness (QED) is 0.0653. The first-order chi connectivity index (χ1) is 34.6. The van der Waals surface area contributed by atoms with E-state index in [4.69, 9.17) is 9.47 Å². The fraction of sp³-hybridized carbons (Fsp3) is 0.415. The maximum Gasteiger partial charge on any atom is 0.293 e. The number of nitro benzene ring substituents is 1. The average Bonchev–Trinajstić information content (AvgIpc) is 3.84. The fourth-order valence-corrected chi connectivity index (χ4v) is 12.1. The predicted octanol–water partition coefficient (Wildman–Crippen LogP) is 9.28. The van der Waals surface area contributed by atoms with Crippen LogP contribution in [0.5, 0.6) is 11.5 Å². The van der Waals surface area contributed by atoms with Crippen LogP contribution in [0.25, 0.3) is 11.0 Å². The number of amides is 1. The predicted molar refractivity (Wildman–Crippen MR) is 269 cm³/mol. The zero-order valence-electron chi connectivity index (χ0n) is 40.4. The molecule has 4 fully saturated rings. The Morgan fingerprint density at radius 3 is 2.53 bits per heavy atom. The van der Waals surface area contributed by atoms with Crippen molar-refractivity contribution in [2.45, 2.75) is 87.5 Å². The lowest BCUT2D eigenvalue weighted by Gasteiger charge is -2.58. The number of hydrogen-bond acceptors (Lipinski definition) is 13. The summed E-state index contributed by atoms with van der Waals surface area (Å²) in [5, 5.41) is 15.6. The van der Waals surface area contributed by atoms with Crippen LogP contribution in [0.2, 0.25) is 0 Å². The molecule has 3 aromatic heterocycles. The molecule has 378 valence electrons. The van der Waals surface area contributed by atoms with Crippen molar-refractivity contribution < 1.29 is 36.4 Å². The van der Waals surface area contributed by atoms with Gasteiger partial charge in [0.25, 0.3) is 21.6 Å². The molecule has 1 amide bonds. The number of nitrogens with one attached hydrogen (secondary N) is 3. The third-order valence-electron chi connectivity index (χ3n) is 15.2. The second-order valence-electron chi connectivity index (χ2n) is 20.2. The van der Waals surface area contributed by atoms with Crippen LogP contribution in [0.1, 0.15) is 91.4 Å². The van der Waals surface area contributed by atoms with Gasteiger partial charge in [-0.2, -0.15) is 0 Å². The highest BCUT2D eigenvalue weighted by atomic mass is 32.2. The van der Waals surface area contributed by atoms with E-state index >= 15 is 8.78 Å². The molecule has 1 atom stereocenters. The van der Waals surface area contributed by atoms with Crippen LogP contribution in [0.3, 0.4) is 0 Å². The number of ether oxygens (including phenoxy) is 2. The van der Waals surface area contributed by atoms with E-state index in [1.165, 1.54) is 29.0 Å². The second-order valence-corrected chi connectivity index (χ2v) is 21.8. The summed E-state index contributed by atoms with van der Waals surface area (Å²) in [5.74, 6) is -1.48. The molecule has 3 aliphatic heterocycles. The van der Waals surface area contributed by atoms with Crippen molar-refractivity contribution in [3.8, 4) is 11.5 Å². The number of aromatic amines is 1. The summed E-state index contributed by atoms with van der Waals surface area (Å²) in [4.78, 5) is 43.8. The minimum Gasteiger partial charge on any atom is -0.455 e. The van der Waals surface area contributed by atoms with E-state index in [0.717, 1.165) is 76.1 Å². The van der Waals surface area contributed by atoms with E-state index in [9.17, 15) is 23.3 Å². The molecule has 3 saturated heterocycles. The number of nitro groups is 1. The molecule has 72 heavy (non-hydrogen) atoms. The van der Waals surface area contributed by atoms with E-state index in [1.54, 1.807) is 18.3 Å². The molecule has 16 nitrogen and oxygen atoms in total. The lowest BCUT2D eigenvalue weighted by atomic mass is 9.59. The molecule has 0 bridgehead atoms. The van der Waals surface area contributed by atoms with Crippen LogP contribution < -0.4 is 19.7 Å². The van der Waals surface area contributed by atoms with Gasteiger partial charge in [0.2, 0.25) is 0 Å². The Bertz CT molecular complexity index is 3060. The number of nitrogens with zero attached hydrogens (tertiary/aromatic N) is 6. The highest BCUT2D eigenvalue weighted by molar-refractivity contribution is 7.90. The van der Waals surface area contributed by atoms with Crippen LogP contribution >= 0.6 is 0 Å². The molecule has 0 radical (unpaired) electrons. The maximum absolute atomic E-state index is 16.5. The summed E-state index contributed by atoms with van der Waals surface area (Å²) >= 11 is 0. The van der Waals surface area contributed by atoms with Gasteiger partial charge in [0.1, 0.15) is 34.3 Å². The molecular formula is C53H59F2N9O7S. The summed E-state index contributed by atoms with van der Waals surface area (Å²) in [5.41, 5.74) is 2.03. The molecule has 1 saturated carbocycles. The van der Waals surface area contributed by atoms with Crippen LogP contribution in [0, 0.1) is 21.3 Å². The van der Waals surface area contributed by atoms with Gasteiger partial charge in [0, 0.05) is 120 Å². The van der Waals surface area contributed by atoms with Crippen molar-refractivity contribution in [1.82, 2.24) is 29.5 Å². The minimum absolute atomic E-state index is 0.0965. The van der Waals surface area contributed by atoms with Gasteiger partial charge < -0.3 is 24.7 Å². The van der Waals surface area contributed by atoms with Crippen LogP contribution in [-0.4, -0.2) is 108 Å². The molecule has 3 N–H and O–H groups in total. The zero-order valence-corrected chi connectivity index (χ0v) is 41.2. The van der Waals surface area contributed by atoms with Crippen LogP contribution in [0.15, 0.2) is 109 Å². The first kappa shape index (κ1) is 49.1. The summed E-state index contributed by atoms with van der Waals surface area (Å²) in [6.45, 7) is 9.47. The Morgan fingerprint density at radius 1 is 0.986 bits per heavy atom. The molecule has 19 heteroatoms. The Morgan fingerprint density at radius 2 is 1.78 bits per heavy atom. The standard InChI is InChI=1S/C53H59F2N9O7S/c1-35(2)41-7-3-4-8-42(41)48-33-61(32-36-6-5-16-56-30-36)20-21-63(48)38-28-52(29-38)12-18-62(19-13-52)46-27-49(71-39-24-37-11-17-57-50(37)58-31-39)43(26-44(46)54)51(65)60-72(68,69)40-9-10-45(47(25-40)64(66)67)59-34-53(55)14-22-70-23-15-53/h3-11,16-17,24-27,30-31,35,38,48,59H,12-15,18-23,28-29,32-34H2,1-2H3,(H,57,58)(H,60,65)/t48-/m0/s1. The van der Waals surface area contributed by atoms with Crippen molar-refractivity contribution >= 4 is 44.0 Å². The number of H-pyrrole nitrogens is 1. The number of carbonyl (C=O) groups excluding carboxylic acids is 1. The van der Waals surface area contributed by atoms with Gasteiger partial charge in [-0.05, 0) is 90.1 Å². The van der Waals surface area contributed by atoms with Crippen molar-refractivity contribution in [2.75, 3.05) is 62.7 Å². The van der Waals surface area contributed by atoms with Crippen molar-refractivity contribution in [3.63, 3.8) is 0 Å². The van der Waals surface area contributed by atoms with Gasteiger partial charge >= 0.3 is 0 Å². The largest absolute Gasteiger partial charge is 0.455 e. The number of alkyl halides is 1. The van der Waals surface area contributed by atoms with Gasteiger partial charge in [-0.25, -0.2) is 26.9 Å². The average molecular weight is 1000 g/mol. The van der Waals surface area contributed by atoms with E-state index in [0.29, 0.717) is 36.1 Å². The molecule has 1 aliphatic carbocycles. The topological polar surface area (TPSA) is 188 Å². The number of carbonyl (C=O) groups is 1. The van der Waals surface area contributed by atoms with Gasteiger partial charge in [-0.15, -0.1) is 0 Å². The Hall–Kier alpha value is -6.54. The van der Waals surface area contributed by atoms with Gasteiger partial charge in [-0.3, -0.25) is 29.7 Å². The lowest BCUT2D eigenvalue weighted by molar-refractivity contribution is -0.384. The number of piperidine rings is 1. The summed E-state index contributed by atoms with van der Waals surface area (Å²) in [7, 11) is -4.78. The number of pyridine rings is 2. The molecule has 3 aromatic carbocycles. The number of anilines is 2. The van der Waals surface area contributed by atoms with E-state index in [2.05, 4.69) is 74.2 Å². The van der Waals surface area contributed by atoms with E-state index in [1.807, 2.05) is 28.1 Å². The van der Waals surface area contributed by atoms with Crippen molar-refractivity contribution in [3.05, 3.63) is 142 Å². The molecule has 4 aliphatic rings. The molecule has 6 aromatic rings. The smallest absolute Gasteiger partial charge is 0.293 e. The highest BCUT2D eigenvalue weighted by Crippen LogP contribution is 2.53. The molecule has 10 rings (SSSR count). The Labute approximate surface area is 417 Å². The number of aromatic nitrogens is 3. The third-order valence-corrected chi connectivity index (χ3v) is 16.5. The summed E-state index contributed by atoms with van der Waals surface area (Å²) in [6, 6.07) is 22.5. The van der Waals surface area contributed by atoms with Crippen molar-refractivity contribution in [1.29, 1.82) is 0 Å². The number of piperazine rings is 1. The SMILES string of the molecule is CC(C)c1ccccc1[C@@H]1CN(Cc2cccnc2)CCN1C1CC2(CCN(c3cc(Oc4cnc5[nH]ccc5c4)c(C(=O)NS(=O)(=O)c4ccc(NCC5(F)CCOCC5)c([N+](=O)[O-])c4)cc3F)CC2)C1. The molecule has 6 heterocycles. The Balaban J connectivity index is 0.856. The van der Waals surface area contributed by atoms with Crippen LogP contribution in [0.4, 0.5) is 25.8 Å². The van der Waals surface area contributed by atoms with Crippen molar-refractivity contribution in [2.24, 2.45) is 5.41 Å². The fourth-order valence-electron chi connectivity index (χ4n) is 11.1. The van der Waals surface area contributed by atoms with Crippen LogP contribution in [-0.2, 0) is 21.3 Å². The van der Waals surface area contributed by atoms with E-state index < -0.39 is 48.5 Å². The molecular weight excluding hydrogens is 945 g/mol. The van der Waals surface area contributed by atoms with Gasteiger partial charge in [0.15, 0.2) is 0 Å². The normalized spacial score (nSPS) is 19.6. The second kappa shape index (κ2) is 20.2. The van der Waals surface area contributed by atoms with E-state index in [-0.39, 0.29) is 66.9 Å². The Kier molecular flexibility index (Phi) is 13.7. The zero-order chi connectivity index (χ0) is 50.2. The lowest BCUT2D eigenvalue weighted by Crippen LogP contribution is -2.60. The number of rotatable bonds is 15. The van der Waals surface area contributed by atoms with Gasteiger partial charge in [-0.1, -0.05) is 44.2 Å². The van der Waals surface area contributed by atoms with Gasteiger partial charge in [0.05, 0.1) is 27.3 Å². The minimum atomic E-state index is -4.78. The first-order valence-corrected chi connectivity index (χ1v) is 26.1. The molecule has 0 unspecified atom stereocenters. The third kappa shape index (κ3) is 10.4.